The minimum absolute atomic E-state index is 0.228. The van der Waals surface area contributed by atoms with Crippen LogP contribution in [-0.2, 0) is 9.59 Å². The molecule has 0 amide bonds. The molecule has 0 unspecified atom stereocenters. The predicted molar refractivity (Wildman–Crippen MR) is 45.0 cm³/mol. The molecule has 4 heteroatoms. The molecule has 0 fully saturated rings. The number of carbonyl (C=O) groups excluding carboxylic acids is 1. The van der Waals surface area contributed by atoms with Gasteiger partial charge in [0.2, 0.25) is 0 Å². The summed E-state index contributed by atoms with van der Waals surface area (Å²) in [5.74, 6) is -1.37. The molecule has 1 rings (SSSR count). The van der Waals surface area contributed by atoms with Crippen molar-refractivity contribution in [2.45, 2.75) is 5.60 Å². The van der Waals surface area contributed by atoms with Gasteiger partial charge in [-0.05, 0) is 30.4 Å². The van der Waals surface area contributed by atoms with Crippen molar-refractivity contribution in [1.82, 2.24) is 0 Å². The van der Waals surface area contributed by atoms with E-state index >= 15 is 0 Å². The molecular formula is C9H8O4. The Morgan fingerprint density at radius 2 is 1.92 bits per heavy atom. The van der Waals surface area contributed by atoms with Gasteiger partial charge in [0.1, 0.15) is 5.60 Å². The third-order valence-electron chi connectivity index (χ3n) is 1.52. The average Bonchev–Trinajstić information content (AvgIpc) is 2.08. The molecule has 68 valence electrons. The van der Waals surface area contributed by atoms with Gasteiger partial charge in [-0.25, -0.2) is 4.79 Å². The molecule has 0 aromatic rings. The second-order valence-electron chi connectivity index (χ2n) is 2.63. The Hall–Kier alpha value is -1.68. The van der Waals surface area contributed by atoms with Gasteiger partial charge in [0.05, 0.1) is 0 Å². The summed E-state index contributed by atoms with van der Waals surface area (Å²) in [5, 5.41) is 17.9. The van der Waals surface area contributed by atoms with Crippen LogP contribution in [0.1, 0.15) is 0 Å². The number of carboxylic acids is 1. The lowest BCUT2D eigenvalue weighted by Crippen LogP contribution is -2.22. The van der Waals surface area contributed by atoms with Crippen LogP contribution in [0.25, 0.3) is 0 Å². The van der Waals surface area contributed by atoms with Crippen molar-refractivity contribution in [3.63, 3.8) is 0 Å². The van der Waals surface area contributed by atoms with Crippen molar-refractivity contribution in [1.29, 1.82) is 0 Å². The number of hydrogen-bond donors (Lipinski definition) is 2. The SMILES string of the molecule is O=C(O)C=CC1(O)C=CC(=O)C=C1. The van der Waals surface area contributed by atoms with Crippen LogP contribution in [0.3, 0.4) is 0 Å². The fourth-order valence-electron chi connectivity index (χ4n) is 0.858. The van der Waals surface area contributed by atoms with E-state index in [0.717, 1.165) is 12.2 Å². The van der Waals surface area contributed by atoms with Gasteiger partial charge in [0.15, 0.2) is 5.78 Å². The van der Waals surface area contributed by atoms with Gasteiger partial charge in [-0.2, -0.15) is 0 Å². The van der Waals surface area contributed by atoms with Crippen molar-refractivity contribution in [2.75, 3.05) is 0 Å². The number of allylic oxidation sites excluding steroid dienone is 2. The zero-order valence-electron chi connectivity index (χ0n) is 6.68. The highest BCUT2D eigenvalue weighted by Gasteiger charge is 2.19. The van der Waals surface area contributed by atoms with Crippen molar-refractivity contribution in [3.05, 3.63) is 36.5 Å². The quantitative estimate of drug-likeness (QED) is 0.589. The van der Waals surface area contributed by atoms with Crippen molar-refractivity contribution in [2.24, 2.45) is 0 Å². The van der Waals surface area contributed by atoms with Gasteiger partial charge in [-0.3, -0.25) is 4.79 Å². The largest absolute Gasteiger partial charge is 0.478 e. The molecule has 2 N–H and O–H groups in total. The molecule has 0 bridgehead atoms. The van der Waals surface area contributed by atoms with Crippen LogP contribution in [-0.4, -0.2) is 27.6 Å². The molecule has 0 aromatic heterocycles. The number of aliphatic hydroxyl groups is 1. The average molecular weight is 180 g/mol. The zero-order valence-corrected chi connectivity index (χ0v) is 6.68. The molecule has 0 radical (unpaired) electrons. The van der Waals surface area contributed by atoms with Gasteiger partial charge >= 0.3 is 5.97 Å². The fourth-order valence-corrected chi connectivity index (χ4v) is 0.858. The van der Waals surface area contributed by atoms with Gasteiger partial charge in [0.25, 0.3) is 0 Å². The maximum Gasteiger partial charge on any atom is 0.328 e. The fraction of sp³-hybridized carbons (Fsp3) is 0.111. The topological polar surface area (TPSA) is 74.6 Å². The van der Waals surface area contributed by atoms with E-state index in [2.05, 4.69) is 0 Å². The van der Waals surface area contributed by atoms with Gasteiger partial charge in [0, 0.05) is 6.08 Å². The van der Waals surface area contributed by atoms with Crippen molar-refractivity contribution >= 4 is 11.8 Å². The minimum Gasteiger partial charge on any atom is -0.478 e. The third-order valence-corrected chi connectivity index (χ3v) is 1.52. The van der Waals surface area contributed by atoms with E-state index in [4.69, 9.17) is 5.11 Å². The Kier molecular flexibility index (Phi) is 2.44. The first-order valence-electron chi connectivity index (χ1n) is 3.59. The standard InChI is InChI=1S/C9H8O4/c10-7-1-4-9(13,5-2-7)6-3-8(11)12/h1-6,13H,(H,11,12). The summed E-state index contributed by atoms with van der Waals surface area (Å²) in [6, 6.07) is 0. The second kappa shape index (κ2) is 3.37. The smallest absolute Gasteiger partial charge is 0.328 e. The molecule has 0 atom stereocenters. The molecule has 1 aliphatic carbocycles. The molecule has 0 spiro atoms. The van der Waals surface area contributed by atoms with Crippen molar-refractivity contribution in [3.8, 4) is 0 Å². The van der Waals surface area contributed by atoms with Crippen LogP contribution in [0.4, 0.5) is 0 Å². The molecule has 0 heterocycles. The number of hydrogen-bond acceptors (Lipinski definition) is 3. The minimum atomic E-state index is -1.45. The van der Waals surface area contributed by atoms with E-state index in [1.165, 1.54) is 24.3 Å². The number of ketones is 1. The lowest BCUT2D eigenvalue weighted by Gasteiger charge is -2.16. The van der Waals surface area contributed by atoms with E-state index in [0.29, 0.717) is 0 Å². The molecule has 1 aliphatic rings. The van der Waals surface area contributed by atoms with E-state index in [9.17, 15) is 14.7 Å². The predicted octanol–water partition coefficient (Wildman–Crippen LogP) is 0.0534. The number of aliphatic carboxylic acids is 1. The summed E-state index contributed by atoms with van der Waals surface area (Å²) in [4.78, 5) is 20.8. The van der Waals surface area contributed by atoms with Crippen LogP contribution < -0.4 is 0 Å². The highest BCUT2D eigenvalue weighted by Crippen LogP contribution is 2.14. The molecule has 0 aliphatic heterocycles. The summed E-state index contributed by atoms with van der Waals surface area (Å²) in [5.41, 5.74) is -1.45. The number of carboxylic acid groups (broad SMARTS) is 1. The van der Waals surface area contributed by atoms with E-state index in [-0.39, 0.29) is 5.78 Å². The Morgan fingerprint density at radius 1 is 1.38 bits per heavy atom. The van der Waals surface area contributed by atoms with Gasteiger partial charge in [-0.1, -0.05) is 0 Å². The van der Waals surface area contributed by atoms with Crippen LogP contribution >= 0.6 is 0 Å². The number of carbonyl (C=O) groups is 2. The summed E-state index contributed by atoms with van der Waals surface area (Å²) in [6.07, 6.45) is 6.75. The summed E-state index contributed by atoms with van der Waals surface area (Å²) >= 11 is 0. The summed E-state index contributed by atoms with van der Waals surface area (Å²) in [7, 11) is 0. The maximum absolute atomic E-state index is 10.7. The Labute approximate surface area is 74.5 Å². The van der Waals surface area contributed by atoms with Gasteiger partial charge < -0.3 is 10.2 Å². The lowest BCUT2D eigenvalue weighted by molar-refractivity contribution is -0.131. The monoisotopic (exact) mass is 180 g/mol. The van der Waals surface area contributed by atoms with E-state index in [1.807, 2.05) is 0 Å². The highest BCUT2D eigenvalue weighted by molar-refractivity contribution is 6.00. The zero-order chi connectivity index (χ0) is 9.90. The van der Waals surface area contributed by atoms with Crippen molar-refractivity contribution < 1.29 is 19.8 Å². The summed E-state index contributed by atoms with van der Waals surface area (Å²) in [6.45, 7) is 0. The lowest BCUT2D eigenvalue weighted by atomic mass is 9.97. The highest BCUT2D eigenvalue weighted by atomic mass is 16.4. The number of rotatable bonds is 2. The molecule has 0 saturated heterocycles. The van der Waals surface area contributed by atoms with Crippen LogP contribution in [0.2, 0.25) is 0 Å². The Bertz CT molecular complexity index is 307. The first-order chi connectivity index (χ1) is 6.02. The molecule has 4 nitrogen and oxygen atoms in total. The van der Waals surface area contributed by atoms with E-state index in [1.54, 1.807) is 0 Å². The summed E-state index contributed by atoms with van der Waals surface area (Å²) < 4.78 is 0. The van der Waals surface area contributed by atoms with Crippen LogP contribution in [0.5, 0.6) is 0 Å². The first-order valence-corrected chi connectivity index (χ1v) is 3.59. The Morgan fingerprint density at radius 3 is 2.38 bits per heavy atom. The second-order valence-corrected chi connectivity index (χ2v) is 2.63. The van der Waals surface area contributed by atoms with Gasteiger partial charge in [-0.15, -0.1) is 0 Å². The van der Waals surface area contributed by atoms with Crippen LogP contribution in [0, 0.1) is 0 Å². The van der Waals surface area contributed by atoms with Crippen LogP contribution in [0.15, 0.2) is 36.5 Å². The normalized spacial score (nSPS) is 19.6. The molecule has 0 aromatic carbocycles. The molecule has 0 saturated carbocycles. The van der Waals surface area contributed by atoms with E-state index < -0.39 is 11.6 Å². The third kappa shape index (κ3) is 2.68. The maximum atomic E-state index is 10.7. The molecule has 13 heavy (non-hydrogen) atoms. The molecular weight excluding hydrogens is 172 g/mol. The first kappa shape index (κ1) is 9.41. The Balaban J connectivity index is 2.79.